The van der Waals surface area contributed by atoms with E-state index in [4.69, 9.17) is 5.11 Å². The van der Waals surface area contributed by atoms with E-state index in [9.17, 15) is 15.0 Å². The molecule has 0 aliphatic heterocycles. The van der Waals surface area contributed by atoms with Crippen molar-refractivity contribution in [2.75, 3.05) is 0 Å². The molecule has 4 heteroatoms. The number of phenolic OH excluding ortho intramolecular Hbond substituents is 1. The highest BCUT2D eigenvalue weighted by atomic mass is 16.4. The minimum absolute atomic E-state index is 0.108. The lowest BCUT2D eigenvalue weighted by Crippen LogP contribution is -2.00. The lowest BCUT2D eigenvalue weighted by Gasteiger charge is -2.10. The Balaban J connectivity index is 2.41. The number of benzene rings is 2. The van der Waals surface area contributed by atoms with Gasteiger partial charge in [-0.15, -0.1) is 0 Å². The summed E-state index contributed by atoms with van der Waals surface area (Å²) in [6.07, 6.45) is 0.277. The molecule has 0 radical (unpaired) electrons. The maximum absolute atomic E-state index is 10.9. The van der Waals surface area contributed by atoms with E-state index in [1.54, 1.807) is 0 Å². The van der Waals surface area contributed by atoms with Gasteiger partial charge in [-0.2, -0.15) is 0 Å². The van der Waals surface area contributed by atoms with Crippen LogP contribution in [-0.4, -0.2) is 21.3 Å². The second-order valence-electron chi connectivity index (χ2n) is 4.43. The van der Waals surface area contributed by atoms with Crippen LogP contribution in [0.25, 0.3) is 0 Å². The lowest BCUT2D eigenvalue weighted by molar-refractivity contribution is 0.0693. The number of aromatic carboxylic acids is 1. The summed E-state index contributed by atoms with van der Waals surface area (Å²) in [7, 11) is 0. The zero-order valence-corrected chi connectivity index (χ0v) is 10.4. The summed E-state index contributed by atoms with van der Waals surface area (Å²) in [4.78, 5) is 10.9. The van der Waals surface area contributed by atoms with Crippen molar-refractivity contribution in [2.24, 2.45) is 0 Å². The summed E-state index contributed by atoms with van der Waals surface area (Å²) in [5, 5.41) is 28.6. The monoisotopic (exact) mass is 258 g/mol. The smallest absolute Gasteiger partial charge is 0.339 e. The number of phenols is 2. The van der Waals surface area contributed by atoms with E-state index in [0.29, 0.717) is 0 Å². The van der Waals surface area contributed by atoms with Crippen LogP contribution in [0, 0.1) is 6.92 Å². The molecule has 3 N–H and O–H groups in total. The number of carboxylic acids is 1. The molecule has 0 unspecified atom stereocenters. The van der Waals surface area contributed by atoms with E-state index >= 15 is 0 Å². The molecule has 0 fully saturated rings. The van der Waals surface area contributed by atoms with Gasteiger partial charge in [-0.25, -0.2) is 4.79 Å². The third-order valence-corrected chi connectivity index (χ3v) is 2.99. The molecule has 0 saturated carbocycles. The molecule has 0 aliphatic rings. The van der Waals surface area contributed by atoms with Crippen LogP contribution < -0.4 is 0 Å². The second kappa shape index (κ2) is 5.02. The SMILES string of the molecule is Cc1ccc(Cc2c(O)ccc(C(=O)O)c2O)cc1. The van der Waals surface area contributed by atoms with E-state index < -0.39 is 5.97 Å². The predicted octanol–water partition coefficient (Wildman–Crippen LogP) is 2.70. The molecule has 2 rings (SSSR count). The third-order valence-electron chi connectivity index (χ3n) is 2.99. The number of hydrogen-bond donors (Lipinski definition) is 3. The quantitative estimate of drug-likeness (QED) is 0.791. The maximum atomic E-state index is 10.9. The molecular weight excluding hydrogens is 244 g/mol. The molecule has 2 aromatic rings. The number of rotatable bonds is 3. The fourth-order valence-electron chi connectivity index (χ4n) is 1.88. The highest BCUT2D eigenvalue weighted by Gasteiger charge is 2.17. The molecule has 4 nitrogen and oxygen atoms in total. The molecule has 0 aliphatic carbocycles. The Morgan fingerprint density at radius 1 is 1.05 bits per heavy atom. The molecule has 0 aromatic heterocycles. The van der Waals surface area contributed by atoms with Gasteiger partial charge in [0.1, 0.15) is 17.1 Å². The van der Waals surface area contributed by atoms with Gasteiger partial charge in [0.05, 0.1) is 0 Å². The van der Waals surface area contributed by atoms with Crippen molar-refractivity contribution in [1.82, 2.24) is 0 Å². The van der Waals surface area contributed by atoms with Crippen LogP contribution in [0.15, 0.2) is 36.4 Å². The largest absolute Gasteiger partial charge is 0.508 e. The Kier molecular flexibility index (Phi) is 3.42. The topological polar surface area (TPSA) is 77.8 Å². The Bertz CT molecular complexity index is 615. The van der Waals surface area contributed by atoms with Gasteiger partial charge >= 0.3 is 5.97 Å². The minimum atomic E-state index is -1.22. The summed E-state index contributed by atoms with van der Waals surface area (Å²) in [5.74, 6) is -1.71. The summed E-state index contributed by atoms with van der Waals surface area (Å²) in [6.45, 7) is 1.96. The van der Waals surface area contributed by atoms with Crippen LogP contribution in [0.3, 0.4) is 0 Å². The first-order valence-corrected chi connectivity index (χ1v) is 5.81. The second-order valence-corrected chi connectivity index (χ2v) is 4.43. The van der Waals surface area contributed by atoms with Gasteiger partial charge in [-0.05, 0) is 24.6 Å². The Labute approximate surface area is 110 Å². The molecule has 0 atom stereocenters. The molecular formula is C15H14O4. The Morgan fingerprint density at radius 3 is 2.26 bits per heavy atom. The van der Waals surface area contributed by atoms with Crippen LogP contribution >= 0.6 is 0 Å². The number of aromatic hydroxyl groups is 2. The number of carboxylic acid groups (broad SMARTS) is 1. The van der Waals surface area contributed by atoms with Crippen molar-refractivity contribution in [1.29, 1.82) is 0 Å². The third kappa shape index (κ3) is 2.68. The van der Waals surface area contributed by atoms with Crippen LogP contribution in [-0.2, 0) is 6.42 Å². The molecule has 2 aromatic carbocycles. The first-order chi connectivity index (χ1) is 8.99. The first kappa shape index (κ1) is 13.0. The van der Waals surface area contributed by atoms with Gasteiger partial charge in [-0.1, -0.05) is 29.8 Å². The van der Waals surface area contributed by atoms with Gasteiger partial charge in [-0.3, -0.25) is 0 Å². The van der Waals surface area contributed by atoms with Gasteiger partial charge in [0.2, 0.25) is 0 Å². The van der Waals surface area contributed by atoms with Gasteiger partial charge in [0, 0.05) is 12.0 Å². The van der Waals surface area contributed by atoms with E-state index in [0.717, 1.165) is 11.1 Å². The lowest BCUT2D eigenvalue weighted by atomic mass is 9.99. The zero-order valence-electron chi connectivity index (χ0n) is 10.4. The fourth-order valence-corrected chi connectivity index (χ4v) is 1.88. The first-order valence-electron chi connectivity index (χ1n) is 5.81. The van der Waals surface area contributed by atoms with Crippen molar-refractivity contribution >= 4 is 5.97 Å². The zero-order chi connectivity index (χ0) is 14.0. The standard InChI is InChI=1S/C15H14O4/c1-9-2-4-10(5-3-9)8-12-13(16)7-6-11(14(12)17)15(18)19/h2-7,16-17H,8H2,1H3,(H,18,19). The molecule has 0 amide bonds. The van der Waals surface area contributed by atoms with Crippen LogP contribution in [0.1, 0.15) is 27.0 Å². The molecule has 0 spiro atoms. The molecule has 0 bridgehead atoms. The van der Waals surface area contributed by atoms with Crippen molar-refractivity contribution in [3.8, 4) is 11.5 Å². The Morgan fingerprint density at radius 2 is 1.68 bits per heavy atom. The summed E-state index contributed by atoms with van der Waals surface area (Å²) >= 11 is 0. The fraction of sp³-hybridized carbons (Fsp3) is 0.133. The van der Waals surface area contributed by atoms with Crippen LogP contribution in [0.5, 0.6) is 11.5 Å². The molecule has 98 valence electrons. The highest BCUT2D eigenvalue weighted by molar-refractivity contribution is 5.91. The average molecular weight is 258 g/mol. The maximum Gasteiger partial charge on any atom is 0.339 e. The van der Waals surface area contributed by atoms with Gasteiger partial charge < -0.3 is 15.3 Å². The van der Waals surface area contributed by atoms with Crippen molar-refractivity contribution in [2.45, 2.75) is 13.3 Å². The summed E-state index contributed by atoms with van der Waals surface area (Å²) in [6, 6.07) is 10.1. The summed E-state index contributed by atoms with van der Waals surface area (Å²) in [5.41, 5.74) is 2.01. The number of aryl methyl sites for hydroxylation is 1. The number of hydrogen-bond acceptors (Lipinski definition) is 3. The molecule has 0 saturated heterocycles. The molecule has 19 heavy (non-hydrogen) atoms. The average Bonchev–Trinajstić information content (AvgIpc) is 2.36. The van der Waals surface area contributed by atoms with Crippen molar-refractivity contribution in [3.05, 3.63) is 58.7 Å². The Hall–Kier alpha value is -2.49. The minimum Gasteiger partial charge on any atom is -0.508 e. The summed E-state index contributed by atoms with van der Waals surface area (Å²) < 4.78 is 0. The highest BCUT2D eigenvalue weighted by Crippen LogP contribution is 2.32. The van der Waals surface area contributed by atoms with E-state index in [1.165, 1.54) is 12.1 Å². The van der Waals surface area contributed by atoms with Crippen LogP contribution in [0.4, 0.5) is 0 Å². The normalized spacial score (nSPS) is 10.4. The van der Waals surface area contributed by atoms with Gasteiger partial charge in [0.25, 0.3) is 0 Å². The van der Waals surface area contributed by atoms with Gasteiger partial charge in [0.15, 0.2) is 0 Å². The molecule has 0 heterocycles. The predicted molar refractivity (Wildman–Crippen MR) is 70.7 cm³/mol. The van der Waals surface area contributed by atoms with Crippen LogP contribution in [0.2, 0.25) is 0 Å². The van der Waals surface area contributed by atoms with Crippen molar-refractivity contribution in [3.63, 3.8) is 0 Å². The van der Waals surface area contributed by atoms with E-state index in [-0.39, 0.29) is 29.0 Å². The number of carbonyl (C=O) groups is 1. The van der Waals surface area contributed by atoms with E-state index in [2.05, 4.69) is 0 Å². The van der Waals surface area contributed by atoms with Crippen molar-refractivity contribution < 1.29 is 20.1 Å². The van der Waals surface area contributed by atoms with E-state index in [1.807, 2.05) is 31.2 Å².